The number of nitrogens with zero attached hydrogens (tertiary/aromatic N) is 2. The molecule has 1 unspecified atom stereocenters. The van der Waals surface area contributed by atoms with Crippen LogP contribution < -0.4 is 0 Å². The summed E-state index contributed by atoms with van der Waals surface area (Å²) in [5.41, 5.74) is 0.185. The SMILES string of the molecule is CC(C)(C)c1ccc(C(C#N)N2CCCCC2)s1. The molecule has 1 fully saturated rings. The number of hydrogen-bond acceptors (Lipinski definition) is 3. The molecule has 3 heteroatoms. The monoisotopic (exact) mass is 262 g/mol. The van der Waals surface area contributed by atoms with Crippen LogP contribution in [0.2, 0.25) is 0 Å². The Kier molecular flexibility index (Phi) is 4.09. The van der Waals surface area contributed by atoms with Crippen molar-refractivity contribution in [1.29, 1.82) is 5.26 Å². The zero-order valence-electron chi connectivity index (χ0n) is 11.6. The Morgan fingerprint density at radius 3 is 2.39 bits per heavy atom. The zero-order chi connectivity index (χ0) is 13.2. The summed E-state index contributed by atoms with van der Waals surface area (Å²) in [5, 5.41) is 9.46. The van der Waals surface area contributed by atoms with Crippen LogP contribution in [0.25, 0.3) is 0 Å². The average Bonchev–Trinajstić information content (AvgIpc) is 2.81. The molecule has 0 N–H and O–H groups in total. The normalized spacial score (nSPS) is 19.4. The molecule has 1 aromatic heterocycles. The molecular weight excluding hydrogens is 240 g/mol. The topological polar surface area (TPSA) is 27.0 Å². The van der Waals surface area contributed by atoms with E-state index in [2.05, 4.69) is 43.9 Å². The number of thiophene rings is 1. The van der Waals surface area contributed by atoms with Crippen LogP contribution in [0.4, 0.5) is 0 Å². The molecule has 0 amide bonds. The second kappa shape index (κ2) is 5.42. The highest BCUT2D eigenvalue weighted by Gasteiger charge is 2.25. The smallest absolute Gasteiger partial charge is 0.133 e. The van der Waals surface area contributed by atoms with E-state index in [1.54, 1.807) is 11.3 Å². The first-order valence-corrected chi connectivity index (χ1v) is 7.58. The molecule has 0 radical (unpaired) electrons. The van der Waals surface area contributed by atoms with Gasteiger partial charge in [0.05, 0.1) is 6.07 Å². The number of rotatable bonds is 2. The van der Waals surface area contributed by atoms with Gasteiger partial charge in [0, 0.05) is 9.75 Å². The van der Waals surface area contributed by atoms with Crippen LogP contribution in [-0.4, -0.2) is 18.0 Å². The summed E-state index contributed by atoms with van der Waals surface area (Å²) < 4.78 is 0. The summed E-state index contributed by atoms with van der Waals surface area (Å²) in [6.07, 6.45) is 3.78. The maximum Gasteiger partial charge on any atom is 0.133 e. The van der Waals surface area contributed by atoms with Crippen LogP contribution in [0.15, 0.2) is 12.1 Å². The van der Waals surface area contributed by atoms with E-state index < -0.39 is 0 Å². The molecule has 1 aromatic rings. The van der Waals surface area contributed by atoms with Crippen molar-refractivity contribution in [2.75, 3.05) is 13.1 Å². The number of nitriles is 1. The zero-order valence-corrected chi connectivity index (χ0v) is 12.4. The third kappa shape index (κ3) is 2.93. The van der Waals surface area contributed by atoms with Gasteiger partial charge in [-0.3, -0.25) is 4.90 Å². The second-order valence-corrected chi connectivity index (χ2v) is 7.20. The first-order chi connectivity index (χ1) is 8.52. The molecule has 0 bridgehead atoms. The highest BCUT2D eigenvalue weighted by Crippen LogP contribution is 2.34. The summed E-state index contributed by atoms with van der Waals surface area (Å²) in [5.74, 6) is 0. The van der Waals surface area contributed by atoms with Crippen molar-refractivity contribution < 1.29 is 0 Å². The van der Waals surface area contributed by atoms with Crippen LogP contribution in [-0.2, 0) is 5.41 Å². The number of piperidine rings is 1. The molecule has 0 spiro atoms. The maximum absolute atomic E-state index is 9.46. The molecule has 2 nitrogen and oxygen atoms in total. The highest BCUT2D eigenvalue weighted by molar-refractivity contribution is 7.12. The maximum atomic E-state index is 9.46. The Balaban J connectivity index is 2.18. The minimum absolute atomic E-state index is 0.0357. The summed E-state index contributed by atoms with van der Waals surface area (Å²) >= 11 is 1.80. The largest absolute Gasteiger partial charge is 0.284 e. The summed E-state index contributed by atoms with van der Waals surface area (Å²) in [6.45, 7) is 8.82. The molecule has 0 aliphatic carbocycles. The van der Waals surface area contributed by atoms with Gasteiger partial charge in [-0.1, -0.05) is 27.2 Å². The highest BCUT2D eigenvalue weighted by atomic mass is 32.1. The lowest BCUT2D eigenvalue weighted by Gasteiger charge is -2.29. The summed E-state index contributed by atoms with van der Waals surface area (Å²) in [7, 11) is 0. The standard InChI is InChI=1S/C15H22N2S/c1-15(2,3)14-8-7-13(18-14)12(11-16)17-9-5-4-6-10-17/h7-8,12H,4-6,9-10H2,1-3H3. The quantitative estimate of drug-likeness (QED) is 0.802. The van der Waals surface area contributed by atoms with Gasteiger partial charge in [-0.2, -0.15) is 5.26 Å². The fourth-order valence-electron chi connectivity index (χ4n) is 2.40. The predicted molar refractivity (Wildman–Crippen MR) is 76.8 cm³/mol. The molecule has 0 aromatic carbocycles. The Morgan fingerprint density at radius 1 is 1.22 bits per heavy atom. The third-order valence-electron chi connectivity index (χ3n) is 3.51. The van der Waals surface area contributed by atoms with Crippen molar-refractivity contribution in [3.8, 4) is 6.07 Å². The average molecular weight is 262 g/mol. The molecule has 1 atom stereocenters. The van der Waals surface area contributed by atoms with Crippen molar-refractivity contribution in [1.82, 2.24) is 4.90 Å². The molecule has 98 valence electrons. The van der Waals surface area contributed by atoms with Crippen LogP contribution >= 0.6 is 11.3 Å². The van der Waals surface area contributed by atoms with E-state index in [4.69, 9.17) is 0 Å². The van der Waals surface area contributed by atoms with E-state index in [0.717, 1.165) is 13.1 Å². The van der Waals surface area contributed by atoms with E-state index in [0.29, 0.717) is 0 Å². The van der Waals surface area contributed by atoms with Crippen LogP contribution in [0.3, 0.4) is 0 Å². The van der Waals surface area contributed by atoms with E-state index >= 15 is 0 Å². The Hall–Kier alpha value is -0.850. The van der Waals surface area contributed by atoms with Crippen molar-refractivity contribution in [3.05, 3.63) is 21.9 Å². The molecule has 2 heterocycles. The Morgan fingerprint density at radius 2 is 1.89 bits per heavy atom. The molecule has 0 saturated carbocycles. The second-order valence-electron chi connectivity index (χ2n) is 6.08. The van der Waals surface area contributed by atoms with E-state index in [9.17, 15) is 5.26 Å². The van der Waals surface area contributed by atoms with Crippen molar-refractivity contribution in [2.24, 2.45) is 0 Å². The Bertz CT molecular complexity index is 430. The van der Waals surface area contributed by atoms with Crippen LogP contribution in [0, 0.1) is 11.3 Å². The molecule has 2 rings (SSSR count). The van der Waals surface area contributed by atoms with E-state index in [1.165, 1.54) is 29.0 Å². The number of hydrogen-bond donors (Lipinski definition) is 0. The van der Waals surface area contributed by atoms with Crippen molar-refractivity contribution >= 4 is 11.3 Å². The van der Waals surface area contributed by atoms with Gasteiger partial charge in [0.2, 0.25) is 0 Å². The van der Waals surface area contributed by atoms with Crippen molar-refractivity contribution in [3.63, 3.8) is 0 Å². The minimum Gasteiger partial charge on any atom is -0.284 e. The van der Waals surface area contributed by atoms with Gasteiger partial charge in [0.25, 0.3) is 0 Å². The lowest BCUT2D eigenvalue weighted by Crippen LogP contribution is -2.32. The molecule has 1 aliphatic rings. The summed E-state index contributed by atoms with van der Waals surface area (Å²) in [4.78, 5) is 4.92. The predicted octanol–water partition coefficient (Wildman–Crippen LogP) is 4.10. The Labute approximate surface area is 114 Å². The minimum atomic E-state index is -0.0357. The van der Waals surface area contributed by atoms with Gasteiger partial charge in [0.15, 0.2) is 0 Å². The van der Waals surface area contributed by atoms with Gasteiger partial charge < -0.3 is 0 Å². The van der Waals surface area contributed by atoms with Gasteiger partial charge in [0.1, 0.15) is 6.04 Å². The van der Waals surface area contributed by atoms with Crippen molar-refractivity contribution in [2.45, 2.75) is 51.5 Å². The first kappa shape index (κ1) is 13.6. The first-order valence-electron chi connectivity index (χ1n) is 6.76. The fourth-order valence-corrected chi connectivity index (χ4v) is 3.55. The van der Waals surface area contributed by atoms with Gasteiger partial charge in [-0.15, -0.1) is 11.3 Å². The summed E-state index contributed by atoms with van der Waals surface area (Å²) in [6, 6.07) is 6.79. The molecular formula is C15H22N2S. The lowest BCUT2D eigenvalue weighted by molar-refractivity contribution is 0.198. The number of likely N-dealkylation sites (tertiary alicyclic amines) is 1. The van der Waals surface area contributed by atoms with Gasteiger partial charge in [-0.25, -0.2) is 0 Å². The fraction of sp³-hybridized carbons (Fsp3) is 0.667. The van der Waals surface area contributed by atoms with E-state index in [-0.39, 0.29) is 11.5 Å². The van der Waals surface area contributed by atoms with Crippen LogP contribution in [0.1, 0.15) is 55.8 Å². The lowest BCUT2D eigenvalue weighted by atomic mass is 9.95. The van der Waals surface area contributed by atoms with Crippen LogP contribution in [0.5, 0.6) is 0 Å². The van der Waals surface area contributed by atoms with E-state index in [1.807, 2.05) is 0 Å². The molecule has 1 saturated heterocycles. The van der Waals surface area contributed by atoms with Gasteiger partial charge >= 0.3 is 0 Å². The van der Waals surface area contributed by atoms with Gasteiger partial charge in [-0.05, 0) is 43.5 Å². The third-order valence-corrected chi connectivity index (χ3v) is 5.08. The molecule has 1 aliphatic heterocycles. The molecule has 18 heavy (non-hydrogen) atoms.